The molecule has 0 aliphatic carbocycles. The van der Waals surface area contributed by atoms with Crippen molar-refractivity contribution in [2.45, 2.75) is 18.8 Å². The zero-order valence-electron chi connectivity index (χ0n) is 11.2. The average molecular weight is 270 g/mol. The fourth-order valence-electron chi connectivity index (χ4n) is 2.71. The lowest BCUT2D eigenvalue weighted by molar-refractivity contribution is 0.0711. The molecule has 3 N–H and O–H groups in total. The van der Waals surface area contributed by atoms with Gasteiger partial charge in [-0.25, -0.2) is 4.98 Å². The van der Waals surface area contributed by atoms with Gasteiger partial charge in [-0.05, 0) is 31.0 Å². The summed E-state index contributed by atoms with van der Waals surface area (Å²) in [6.07, 6.45) is 5.52. The summed E-state index contributed by atoms with van der Waals surface area (Å²) in [6, 6.07) is 7.16. The van der Waals surface area contributed by atoms with Gasteiger partial charge in [0, 0.05) is 42.7 Å². The summed E-state index contributed by atoms with van der Waals surface area (Å²) in [4.78, 5) is 21.8. The van der Waals surface area contributed by atoms with Gasteiger partial charge in [-0.1, -0.05) is 6.07 Å². The van der Waals surface area contributed by atoms with Crippen molar-refractivity contribution in [3.63, 3.8) is 0 Å². The van der Waals surface area contributed by atoms with E-state index >= 15 is 0 Å². The summed E-state index contributed by atoms with van der Waals surface area (Å²) in [5.74, 6) is 1.52. The molecule has 0 saturated carbocycles. The lowest BCUT2D eigenvalue weighted by Crippen LogP contribution is -2.38. The van der Waals surface area contributed by atoms with Gasteiger partial charge in [-0.15, -0.1) is 0 Å². The average Bonchev–Trinajstić information content (AvgIpc) is 3.01. The number of nitrogens with zero attached hydrogens (tertiary/aromatic N) is 2. The summed E-state index contributed by atoms with van der Waals surface area (Å²) in [7, 11) is 0. The van der Waals surface area contributed by atoms with Crippen LogP contribution >= 0.6 is 0 Å². The monoisotopic (exact) mass is 270 g/mol. The fourth-order valence-corrected chi connectivity index (χ4v) is 2.71. The molecule has 1 aliphatic rings. The summed E-state index contributed by atoms with van der Waals surface area (Å²) in [6.45, 7) is 1.53. The molecule has 0 radical (unpaired) electrons. The van der Waals surface area contributed by atoms with Gasteiger partial charge in [0.05, 0.1) is 0 Å². The summed E-state index contributed by atoms with van der Waals surface area (Å²) >= 11 is 0. The SMILES string of the molecule is Nc1cccc(C(=O)N2CCC(c3ncc[nH]3)CC2)c1. The van der Waals surface area contributed by atoms with Crippen LogP contribution in [0.4, 0.5) is 5.69 Å². The zero-order valence-corrected chi connectivity index (χ0v) is 11.2. The second-order valence-corrected chi connectivity index (χ2v) is 5.17. The minimum absolute atomic E-state index is 0.0650. The van der Waals surface area contributed by atoms with Gasteiger partial charge in [0.25, 0.3) is 5.91 Å². The molecule has 0 atom stereocenters. The molecule has 0 unspecified atom stereocenters. The van der Waals surface area contributed by atoms with E-state index in [1.165, 1.54) is 0 Å². The van der Waals surface area contributed by atoms with E-state index in [-0.39, 0.29) is 5.91 Å². The normalized spacial score (nSPS) is 16.3. The van der Waals surface area contributed by atoms with E-state index in [2.05, 4.69) is 9.97 Å². The summed E-state index contributed by atoms with van der Waals surface area (Å²) in [5.41, 5.74) is 7.02. The molecule has 2 aromatic rings. The fraction of sp³-hybridized carbons (Fsp3) is 0.333. The number of nitrogen functional groups attached to an aromatic ring is 1. The molecule has 5 heteroatoms. The molecule has 1 aliphatic heterocycles. The van der Waals surface area contributed by atoms with Crippen LogP contribution in [0.5, 0.6) is 0 Å². The Kier molecular flexibility index (Phi) is 3.41. The van der Waals surface area contributed by atoms with E-state index in [1.54, 1.807) is 18.3 Å². The predicted octanol–water partition coefficient (Wildman–Crippen LogP) is 2.01. The van der Waals surface area contributed by atoms with Gasteiger partial charge in [-0.3, -0.25) is 4.79 Å². The number of anilines is 1. The first-order chi connectivity index (χ1) is 9.74. The van der Waals surface area contributed by atoms with Crippen molar-refractivity contribution >= 4 is 11.6 Å². The number of carbonyl (C=O) groups excluding carboxylic acids is 1. The largest absolute Gasteiger partial charge is 0.399 e. The zero-order chi connectivity index (χ0) is 13.9. The minimum Gasteiger partial charge on any atom is -0.399 e. The number of rotatable bonds is 2. The molecular formula is C15H18N4O. The first kappa shape index (κ1) is 12.7. The highest BCUT2D eigenvalue weighted by molar-refractivity contribution is 5.95. The summed E-state index contributed by atoms with van der Waals surface area (Å²) < 4.78 is 0. The number of H-pyrrole nitrogens is 1. The van der Waals surface area contributed by atoms with Crippen LogP contribution in [0.1, 0.15) is 34.9 Å². The van der Waals surface area contributed by atoms with Crippen molar-refractivity contribution in [2.75, 3.05) is 18.8 Å². The molecule has 0 bridgehead atoms. The standard InChI is InChI=1S/C15H18N4O/c16-13-3-1-2-12(10-13)15(20)19-8-4-11(5-9-19)14-17-6-7-18-14/h1-3,6-7,10-11H,4-5,8-9,16H2,(H,17,18). The van der Waals surface area contributed by atoms with Crippen LogP contribution in [0.15, 0.2) is 36.7 Å². The molecule has 5 nitrogen and oxygen atoms in total. The molecule has 1 aromatic carbocycles. The van der Waals surface area contributed by atoms with Gasteiger partial charge in [-0.2, -0.15) is 0 Å². The third-order valence-electron chi connectivity index (χ3n) is 3.82. The van der Waals surface area contributed by atoms with Crippen molar-refractivity contribution in [2.24, 2.45) is 0 Å². The Balaban J connectivity index is 1.65. The highest BCUT2D eigenvalue weighted by Gasteiger charge is 2.25. The number of benzene rings is 1. The Morgan fingerprint density at radius 2 is 2.15 bits per heavy atom. The van der Waals surface area contributed by atoms with Crippen LogP contribution in [0.3, 0.4) is 0 Å². The number of aromatic amines is 1. The van der Waals surface area contributed by atoms with Crippen LogP contribution < -0.4 is 5.73 Å². The maximum absolute atomic E-state index is 12.4. The van der Waals surface area contributed by atoms with Gasteiger partial charge in [0.15, 0.2) is 0 Å². The Hall–Kier alpha value is -2.30. The predicted molar refractivity (Wildman–Crippen MR) is 77.3 cm³/mol. The third kappa shape index (κ3) is 2.52. The second-order valence-electron chi connectivity index (χ2n) is 5.17. The maximum atomic E-state index is 12.4. The quantitative estimate of drug-likeness (QED) is 0.820. The van der Waals surface area contributed by atoms with Crippen LogP contribution in [0, 0.1) is 0 Å². The minimum atomic E-state index is 0.0650. The number of hydrogen-bond donors (Lipinski definition) is 2. The number of aromatic nitrogens is 2. The van der Waals surface area contributed by atoms with Crippen LogP contribution in [0.2, 0.25) is 0 Å². The highest BCUT2D eigenvalue weighted by Crippen LogP contribution is 2.26. The number of piperidine rings is 1. The van der Waals surface area contributed by atoms with Gasteiger partial charge < -0.3 is 15.6 Å². The molecule has 2 heterocycles. The number of carbonyl (C=O) groups is 1. The van der Waals surface area contributed by atoms with Gasteiger partial charge in [0.1, 0.15) is 5.82 Å². The topological polar surface area (TPSA) is 75.0 Å². The van der Waals surface area contributed by atoms with E-state index in [4.69, 9.17) is 5.73 Å². The van der Waals surface area contributed by atoms with Gasteiger partial charge >= 0.3 is 0 Å². The van der Waals surface area contributed by atoms with E-state index in [9.17, 15) is 4.79 Å². The molecule has 1 aromatic heterocycles. The lowest BCUT2D eigenvalue weighted by Gasteiger charge is -2.31. The Morgan fingerprint density at radius 3 is 2.80 bits per heavy atom. The van der Waals surface area contributed by atoms with Crippen molar-refractivity contribution in [3.8, 4) is 0 Å². The van der Waals surface area contributed by atoms with E-state index in [0.717, 1.165) is 31.8 Å². The van der Waals surface area contributed by atoms with Crippen LogP contribution in [-0.2, 0) is 0 Å². The molecular weight excluding hydrogens is 252 g/mol. The van der Waals surface area contributed by atoms with Gasteiger partial charge in [0.2, 0.25) is 0 Å². The molecule has 1 saturated heterocycles. The van der Waals surface area contributed by atoms with E-state index < -0.39 is 0 Å². The molecule has 20 heavy (non-hydrogen) atoms. The third-order valence-corrected chi connectivity index (χ3v) is 3.82. The molecule has 3 rings (SSSR count). The Morgan fingerprint density at radius 1 is 1.35 bits per heavy atom. The first-order valence-electron chi connectivity index (χ1n) is 6.88. The smallest absolute Gasteiger partial charge is 0.253 e. The summed E-state index contributed by atoms with van der Waals surface area (Å²) in [5, 5.41) is 0. The molecule has 1 amide bonds. The molecule has 1 fully saturated rings. The van der Waals surface area contributed by atoms with Crippen molar-refractivity contribution in [1.29, 1.82) is 0 Å². The van der Waals surface area contributed by atoms with Crippen LogP contribution in [-0.4, -0.2) is 33.9 Å². The van der Waals surface area contributed by atoms with Crippen molar-refractivity contribution in [3.05, 3.63) is 48.0 Å². The first-order valence-corrected chi connectivity index (χ1v) is 6.88. The number of imidazole rings is 1. The number of nitrogens with one attached hydrogen (secondary N) is 1. The number of likely N-dealkylation sites (tertiary alicyclic amines) is 1. The lowest BCUT2D eigenvalue weighted by atomic mass is 9.95. The maximum Gasteiger partial charge on any atom is 0.253 e. The van der Waals surface area contributed by atoms with E-state index in [0.29, 0.717) is 17.2 Å². The van der Waals surface area contributed by atoms with Crippen LogP contribution in [0.25, 0.3) is 0 Å². The van der Waals surface area contributed by atoms with E-state index in [1.807, 2.05) is 23.2 Å². The molecule has 0 spiro atoms. The number of hydrogen-bond acceptors (Lipinski definition) is 3. The Labute approximate surface area is 117 Å². The number of nitrogens with two attached hydrogens (primary N) is 1. The molecule has 104 valence electrons. The van der Waals surface area contributed by atoms with Crippen molar-refractivity contribution < 1.29 is 4.79 Å². The van der Waals surface area contributed by atoms with Crippen molar-refractivity contribution in [1.82, 2.24) is 14.9 Å². The highest BCUT2D eigenvalue weighted by atomic mass is 16.2. The second kappa shape index (κ2) is 5.36. The Bertz CT molecular complexity index is 586. The number of amides is 1.